The molecule has 1 heterocycles. The SMILES string of the molecule is CC1CCC[Te]1(I)I. The minimum absolute atomic E-state index is 1.12. The molecule has 0 aromatic carbocycles. The Kier molecular flexibility index (Phi) is 3.23. The van der Waals surface area contributed by atoms with Gasteiger partial charge in [0.2, 0.25) is 0 Å². The first-order chi connectivity index (χ1) is 3.63. The van der Waals surface area contributed by atoms with Gasteiger partial charge in [-0.3, -0.25) is 0 Å². The van der Waals surface area contributed by atoms with E-state index in [0.29, 0.717) is 0 Å². The predicted molar refractivity (Wildman–Crippen MR) is 57.3 cm³/mol. The summed E-state index contributed by atoms with van der Waals surface area (Å²) in [6, 6.07) is 0. The molecule has 0 nitrogen and oxygen atoms in total. The molecule has 0 aromatic rings. The standard InChI is InChI=1S/C5H10I2Te/c1-5-3-2-4-8(5,6)7/h5H,2-4H2,1H3. The third kappa shape index (κ3) is 1.86. The fourth-order valence-corrected chi connectivity index (χ4v) is 12.7. The van der Waals surface area contributed by atoms with Crippen LogP contribution in [-0.2, 0) is 0 Å². The summed E-state index contributed by atoms with van der Waals surface area (Å²) in [6.45, 7) is 2.44. The van der Waals surface area contributed by atoms with Gasteiger partial charge >= 0.3 is 75.9 Å². The van der Waals surface area contributed by atoms with E-state index in [1.165, 1.54) is 12.8 Å². The first-order valence-electron chi connectivity index (χ1n) is 2.82. The van der Waals surface area contributed by atoms with Gasteiger partial charge in [-0.25, -0.2) is 0 Å². The predicted octanol–water partition coefficient (Wildman–Crippen LogP) is 3.48. The van der Waals surface area contributed by atoms with Crippen LogP contribution in [0.2, 0.25) is 8.43 Å². The van der Waals surface area contributed by atoms with Gasteiger partial charge in [0.05, 0.1) is 0 Å². The fourth-order valence-electron chi connectivity index (χ4n) is 0.937. The molecule has 1 saturated heterocycles. The molecule has 1 atom stereocenters. The minimum atomic E-state index is -1.18. The van der Waals surface area contributed by atoms with Crippen LogP contribution in [-0.4, -0.2) is 10.3 Å². The van der Waals surface area contributed by atoms with Crippen LogP contribution in [0.5, 0.6) is 0 Å². The van der Waals surface area contributed by atoms with Gasteiger partial charge in [0.25, 0.3) is 0 Å². The van der Waals surface area contributed by atoms with Crippen LogP contribution < -0.4 is 0 Å². The third-order valence-electron chi connectivity index (χ3n) is 1.62. The van der Waals surface area contributed by atoms with E-state index in [0.717, 1.165) is 3.97 Å². The second-order valence-corrected chi connectivity index (χ2v) is 41.7. The molecule has 3 heteroatoms. The van der Waals surface area contributed by atoms with Gasteiger partial charge in [0, 0.05) is 0 Å². The van der Waals surface area contributed by atoms with Gasteiger partial charge in [-0.15, -0.1) is 0 Å². The third-order valence-corrected chi connectivity index (χ3v) is 25.6. The van der Waals surface area contributed by atoms with E-state index in [4.69, 9.17) is 0 Å². The average molecular weight is 452 g/mol. The molecule has 1 unspecified atom stereocenters. The molecular formula is C5H10I2Te. The van der Waals surface area contributed by atoms with E-state index >= 15 is 0 Å². The van der Waals surface area contributed by atoms with E-state index in [-0.39, 0.29) is 0 Å². The fraction of sp³-hybridized carbons (Fsp3) is 1.00. The zero-order valence-corrected chi connectivity index (χ0v) is 11.5. The molecule has 0 saturated carbocycles. The second kappa shape index (κ2) is 3.10. The Morgan fingerprint density at radius 2 is 2.12 bits per heavy atom. The van der Waals surface area contributed by atoms with E-state index in [1.54, 1.807) is 4.47 Å². The van der Waals surface area contributed by atoms with Crippen LogP contribution in [0.3, 0.4) is 0 Å². The second-order valence-electron chi connectivity index (χ2n) is 2.28. The molecular weight excluding hydrogens is 441 g/mol. The Balaban J connectivity index is 2.54. The van der Waals surface area contributed by atoms with Crippen molar-refractivity contribution in [2.75, 3.05) is 0 Å². The van der Waals surface area contributed by atoms with Crippen molar-refractivity contribution in [3.8, 4) is 0 Å². The molecule has 0 aromatic heterocycles. The molecule has 0 spiro atoms. The Hall–Kier alpha value is 2.25. The summed E-state index contributed by atoms with van der Waals surface area (Å²) in [6.07, 6.45) is 3.04. The van der Waals surface area contributed by atoms with Crippen molar-refractivity contribution in [3.63, 3.8) is 0 Å². The zero-order valence-electron chi connectivity index (χ0n) is 4.86. The summed E-state index contributed by atoms with van der Waals surface area (Å²) in [5.74, 6) is 0. The van der Waals surface area contributed by atoms with E-state index in [1.807, 2.05) is 0 Å². The molecule has 1 aliphatic rings. The van der Waals surface area contributed by atoms with Crippen LogP contribution >= 0.6 is 37.4 Å². The molecule has 50 valence electrons. The van der Waals surface area contributed by atoms with Crippen LogP contribution in [0.1, 0.15) is 19.8 Å². The van der Waals surface area contributed by atoms with Crippen molar-refractivity contribution in [3.05, 3.63) is 0 Å². The summed E-state index contributed by atoms with van der Waals surface area (Å²) >= 11 is 5.54. The van der Waals surface area contributed by atoms with Gasteiger partial charge in [-0.05, 0) is 0 Å². The van der Waals surface area contributed by atoms with Gasteiger partial charge in [0.15, 0.2) is 0 Å². The van der Waals surface area contributed by atoms with Gasteiger partial charge in [0.1, 0.15) is 0 Å². The summed E-state index contributed by atoms with van der Waals surface area (Å²) in [5.41, 5.74) is 0. The van der Waals surface area contributed by atoms with Crippen LogP contribution in [0.4, 0.5) is 0 Å². The molecule has 0 N–H and O–H groups in total. The van der Waals surface area contributed by atoms with Crippen molar-refractivity contribution in [1.29, 1.82) is 0 Å². The van der Waals surface area contributed by atoms with Gasteiger partial charge < -0.3 is 0 Å². The zero-order chi connectivity index (χ0) is 6.20. The Bertz CT molecular complexity index is 92.4. The van der Waals surface area contributed by atoms with E-state index in [9.17, 15) is 0 Å². The Labute approximate surface area is 74.5 Å². The van der Waals surface area contributed by atoms with E-state index < -0.39 is 10.3 Å². The monoisotopic (exact) mass is 454 g/mol. The molecule has 8 heavy (non-hydrogen) atoms. The molecule has 1 fully saturated rings. The molecule has 1 rings (SSSR count). The molecule has 0 amide bonds. The topological polar surface area (TPSA) is 0 Å². The van der Waals surface area contributed by atoms with Gasteiger partial charge in [-0.1, -0.05) is 0 Å². The van der Waals surface area contributed by atoms with Crippen molar-refractivity contribution in [1.82, 2.24) is 0 Å². The average Bonchev–Trinajstić information content (AvgIpc) is 1.86. The van der Waals surface area contributed by atoms with Crippen LogP contribution in [0, 0.1) is 0 Å². The maximum absolute atomic E-state index is 2.77. The molecule has 0 bridgehead atoms. The number of hydrogen-bond donors (Lipinski definition) is 0. The summed E-state index contributed by atoms with van der Waals surface area (Å²) < 4.78 is 2.73. The first-order valence-corrected chi connectivity index (χ1v) is 19.4. The molecule has 0 radical (unpaired) electrons. The number of halogens is 2. The molecule has 0 aliphatic carbocycles. The van der Waals surface area contributed by atoms with Crippen molar-refractivity contribution >= 4 is 47.7 Å². The molecule has 1 aliphatic heterocycles. The van der Waals surface area contributed by atoms with Crippen LogP contribution in [0.25, 0.3) is 0 Å². The van der Waals surface area contributed by atoms with Crippen molar-refractivity contribution in [2.45, 2.75) is 28.2 Å². The summed E-state index contributed by atoms with van der Waals surface area (Å²) in [7, 11) is -1.18. The Morgan fingerprint density at radius 1 is 1.50 bits per heavy atom. The number of rotatable bonds is 0. The summed E-state index contributed by atoms with van der Waals surface area (Å²) in [4.78, 5) is 0. The van der Waals surface area contributed by atoms with Crippen LogP contribution in [0.15, 0.2) is 0 Å². The Morgan fingerprint density at radius 3 is 2.25 bits per heavy atom. The number of hydrogen-bond acceptors (Lipinski definition) is 0. The first kappa shape index (κ1) is 8.35. The summed E-state index contributed by atoms with van der Waals surface area (Å²) in [5, 5.41) is 0. The maximum atomic E-state index is 2.77. The van der Waals surface area contributed by atoms with E-state index in [2.05, 4.69) is 44.3 Å². The van der Waals surface area contributed by atoms with Crippen molar-refractivity contribution < 1.29 is 0 Å². The van der Waals surface area contributed by atoms with Gasteiger partial charge in [-0.2, -0.15) is 0 Å². The quantitative estimate of drug-likeness (QED) is 0.391. The van der Waals surface area contributed by atoms with Crippen molar-refractivity contribution in [2.24, 2.45) is 0 Å². The normalized spacial score (nSPS) is 39.6.